The fourth-order valence-electron chi connectivity index (χ4n) is 1.10. The van der Waals surface area contributed by atoms with Gasteiger partial charge in [0.25, 0.3) is 0 Å². The van der Waals surface area contributed by atoms with E-state index >= 15 is 0 Å². The number of aryl methyl sites for hydroxylation is 1. The van der Waals surface area contributed by atoms with Gasteiger partial charge in [-0.05, 0) is 19.1 Å². The van der Waals surface area contributed by atoms with Crippen LogP contribution in [0.1, 0.15) is 5.56 Å². The first-order valence-electron chi connectivity index (χ1n) is 4.23. The summed E-state index contributed by atoms with van der Waals surface area (Å²) >= 11 is 0. The highest BCUT2D eigenvalue weighted by molar-refractivity contribution is 7.82. The van der Waals surface area contributed by atoms with Crippen molar-refractivity contribution in [3.63, 3.8) is 0 Å². The first-order valence-corrected chi connectivity index (χ1v) is 5.45. The summed E-state index contributed by atoms with van der Waals surface area (Å²) in [6.07, 6.45) is 0. The zero-order valence-electron chi connectivity index (χ0n) is 8.01. The highest BCUT2D eigenvalue weighted by Crippen LogP contribution is 2.18. The lowest BCUT2D eigenvalue weighted by Crippen LogP contribution is -2.02. The molecule has 5 nitrogen and oxygen atoms in total. The second-order valence-corrected chi connectivity index (χ2v) is 3.98. The van der Waals surface area contributed by atoms with Crippen molar-refractivity contribution in [2.75, 3.05) is 0 Å². The van der Waals surface area contributed by atoms with Crippen molar-refractivity contribution in [2.45, 2.75) is 12.1 Å². The van der Waals surface area contributed by atoms with Gasteiger partial charge in [-0.25, -0.2) is 9.35 Å². The molecule has 0 aliphatic heterocycles. The summed E-state index contributed by atoms with van der Waals surface area (Å²) in [4.78, 5) is 0. The second-order valence-electron chi connectivity index (χ2n) is 3.04. The predicted molar refractivity (Wildman–Crippen MR) is 55.1 cm³/mol. The van der Waals surface area contributed by atoms with Gasteiger partial charge in [-0.15, -0.1) is 5.10 Å². The Hall–Kier alpha value is -1.53. The van der Waals surface area contributed by atoms with E-state index in [-0.39, 0.29) is 5.22 Å². The Morgan fingerprint density at radius 2 is 1.93 bits per heavy atom. The molecule has 0 radical (unpaired) electrons. The number of aromatic nitrogens is 2. The van der Waals surface area contributed by atoms with Crippen LogP contribution in [0.4, 0.5) is 0 Å². The third-order valence-corrected chi connectivity index (χ3v) is 2.39. The highest BCUT2D eigenvalue weighted by Gasteiger charge is 2.10. The molecule has 6 heteroatoms. The van der Waals surface area contributed by atoms with Crippen LogP contribution in [0.2, 0.25) is 0 Å². The molecule has 1 heterocycles. The van der Waals surface area contributed by atoms with E-state index in [9.17, 15) is 4.21 Å². The lowest BCUT2D eigenvalue weighted by molar-refractivity contribution is 0.456. The quantitative estimate of drug-likeness (QED) is 0.824. The van der Waals surface area contributed by atoms with Gasteiger partial charge in [0.1, 0.15) is 0 Å². The Bertz CT molecular complexity index is 492. The molecule has 15 heavy (non-hydrogen) atoms. The molecule has 1 aromatic heterocycles. The first kappa shape index (κ1) is 10.0. The van der Waals surface area contributed by atoms with Crippen LogP contribution in [0.15, 0.2) is 33.9 Å². The van der Waals surface area contributed by atoms with Crippen LogP contribution < -0.4 is 5.14 Å². The van der Waals surface area contributed by atoms with Crippen LogP contribution in [0.25, 0.3) is 11.5 Å². The van der Waals surface area contributed by atoms with Crippen LogP contribution in [-0.4, -0.2) is 14.4 Å². The molecule has 0 saturated heterocycles. The van der Waals surface area contributed by atoms with Gasteiger partial charge in [0.2, 0.25) is 5.89 Å². The van der Waals surface area contributed by atoms with Crippen LogP contribution in [-0.2, 0) is 11.0 Å². The summed E-state index contributed by atoms with van der Waals surface area (Å²) in [6, 6.07) is 7.56. The minimum absolute atomic E-state index is 0.0643. The molecular weight excluding hydrogens is 214 g/mol. The summed E-state index contributed by atoms with van der Waals surface area (Å²) in [6.45, 7) is 1.98. The van der Waals surface area contributed by atoms with Crippen molar-refractivity contribution in [1.82, 2.24) is 10.2 Å². The van der Waals surface area contributed by atoms with E-state index in [0.29, 0.717) is 5.89 Å². The van der Waals surface area contributed by atoms with Gasteiger partial charge in [-0.3, -0.25) is 0 Å². The standard InChI is InChI=1S/C9H9N3O2S/c1-6-2-4-7(5-3-6)8-11-12-9(14-8)15(10)13/h2-5H,10H2,1H3. The Morgan fingerprint density at radius 1 is 1.27 bits per heavy atom. The van der Waals surface area contributed by atoms with Gasteiger partial charge in [-0.1, -0.05) is 22.8 Å². The summed E-state index contributed by atoms with van der Waals surface area (Å²) in [5.74, 6) is 0.323. The smallest absolute Gasteiger partial charge is 0.322 e. The molecule has 1 atom stereocenters. The molecule has 2 rings (SSSR count). The third-order valence-electron chi connectivity index (χ3n) is 1.88. The molecule has 1 unspecified atom stereocenters. The van der Waals surface area contributed by atoms with Crippen molar-refractivity contribution in [1.29, 1.82) is 0 Å². The van der Waals surface area contributed by atoms with Crippen LogP contribution >= 0.6 is 0 Å². The predicted octanol–water partition coefficient (Wildman–Crippen LogP) is 1.03. The van der Waals surface area contributed by atoms with Gasteiger partial charge in [0, 0.05) is 5.56 Å². The van der Waals surface area contributed by atoms with Gasteiger partial charge >= 0.3 is 5.22 Å². The monoisotopic (exact) mass is 223 g/mol. The van der Waals surface area contributed by atoms with Crippen molar-refractivity contribution in [3.8, 4) is 11.5 Å². The van der Waals surface area contributed by atoms with Crippen LogP contribution in [0, 0.1) is 6.92 Å². The Morgan fingerprint density at radius 3 is 2.47 bits per heavy atom. The van der Waals surface area contributed by atoms with E-state index in [1.54, 1.807) is 0 Å². The fraction of sp³-hybridized carbons (Fsp3) is 0.111. The van der Waals surface area contributed by atoms with E-state index in [4.69, 9.17) is 9.56 Å². The largest absolute Gasteiger partial charge is 0.409 e. The number of benzene rings is 1. The molecule has 0 amide bonds. The summed E-state index contributed by atoms with van der Waals surface area (Å²) in [5, 5.41) is 12.4. The van der Waals surface area contributed by atoms with Gasteiger partial charge in [0.15, 0.2) is 11.0 Å². The van der Waals surface area contributed by atoms with Crippen molar-refractivity contribution in [2.24, 2.45) is 5.14 Å². The summed E-state index contributed by atoms with van der Waals surface area (Å²) in [7, 11) is -1.73. The highest BCUT2D eigenvalue weighted by atomic mass is 32.2. The summed E-state index contributed by atoms with van der Waals surface area (Å²) in [5.41, 5.74) is 1.92. The number of nitrogens with zero attached hydrogens (tertiary/aromatic N) is 2. The molecule has 0 aliphatic rings. The Labute approximate surface area is 88.9 Å². The maximum atomic E-state index is 10.8. The van der Waals surface area contributed by atoms with Crippen molar-refractivity contribution >= 4 is 11.0 Å². The molecule has 2 N–H and O–H groups in total. The maximum absolute atomic E-state index is 10.8. The van der Waals surface area contributed by atoms with E-state index in [1.165, 1.54) is 0 Å². The Kier molecular flexibility index (Phi) is 2.61. The van der Waals surface area contributed by atoms with Crippen LogP contribution in [0.5, 0.6) is 0 Å². The van der Waals surface area contributed by atoms with Crippen LogP contribution in [0.3, 0.4) is 0 Å². The first-order chi connectivity index (χ1) is 7.16. The molecule has 2 aromatic rings. The third kappa shape index (κ3) is 2.11. The van der Waals surface area contributed by atoms with E-state index in [2.05, 4.69) is 10.2 Å². The van der Waals surface area contributed by atoms with Gasteiger partial charge in [-0.2, -0.15) is 0 Å². The second kappa shape index (κ2) is 3.92. The summed E-state index contributed by atoms with van der Waals surface area (Å²) < 4.78 is 16.0. The maximum Gasteiger partial charge on any atom is 0.322 e. The zero-order valence-corrected chi connectivity index (χ0v) is 8.82. The van der Waals surface area contributed by atoms with Gasteiger partial charge < -0.3 is 4.42 Å². The average molecular weight is 223 g/mol. The minimum Gasteiger partial charge on any atom is -0.409 e. The lowest BCUT2D eigenvalue weighted by atomic mass is 10.1. The van der Waals surface area contributed by atoms with Gasteiger partial charge in [0.05, 0.1) is 0 Å². The average Bonchev–Trinajstić information content (AvgIpc) is 2.68. The fourth-order valence-corrected chi connectivity index (χ4v) is 1.39. The molecule has 0 bridgehead atoms. The van der Waals surface area contributed by atoms with E-state index in [0.717, 1.165) is 11.1 Å². The Balaban J connectivity index is 2.37. The SMILES string of the molecule is Cc1ccc(-c2nnc(S(N)=O)o2)cc1. The minimum atomic E-state index is -1.73. The molecular formula is C9H9N3O2S. The molecule has 78 valence electrons. The van der Waals surface area contributed by atoms with E-state index in [1.807, 2.05) is 31.2 Å². The molecule has 0 aliphatic carbocycles. The number of nitrogens with two attached hydrogens (primary N) is 1. The molecule has 0 spiro atoms. The normalized spacial score (nSPS) is 12.7. The number of hydrogen-bond donors (Lipinski definition) is 1. The molecule has 0 fully saturated rings. The van der Waals surface area contributed by atoms with E-state index < -0.39 is 11.0 Å². The lowest BCUT2D eigenvalue weighted by Gasteiger charge is -1.94. The van der Waals surface area contributed by atoms with Crippen molar-refractivity contribution in [3.05, 3.63) is 29.8 Å². The number of rotatable bonds is 2. The molecule has 1 aromatic carbocycles. The van der Waals surface area contributed by atoms with Crippen molar-refractivity contribution < 1.29 is 8.63 Å². The zero-order chi connectivity index (χ0) is 10.8. The number of hydrogen-bond acceptors (Lipinski definition) is 4. The topological polar surface area (TPSA) is 82.0 Å². The molecule has 0 saturated carbocycles.